The second-order valence-electron chi connectivity index (χ2n) is 5.96. The van der Waals surface area contributed by atoms with Crippen molar-refractivity contribution >= 4 is 17.3 Å². The van der Waals surface area contributed by atoms with Gasteiger partial charge in [-0.05, 0) is 49.7 Å². The zero-order valence-corrected chi connectivity index (χ0v) is 16.3. The number of nitrogens with one attached hydrogen (secondary N) is 2. The van der Waals surface area contributed by atoms with Gasteiger partial charge in [0, 0.05) is 25.0 Å². The van der Waals surface area contributed by atoms with Gasteiger partial charge in [0.25, 0.3) is 0 Å². The van der Waals surface area contributed by atoms with Crippen LogP contribution in [0.15, 0.2) is 46.8 Å². The van der Waals surface area contributed by atoms with Crippen molar-refractivity contribution in [3.8, 4) is 5.75 Å². The lowest BCUT2D eigenvalue weighted by Crippen LogP contribution is -2.42. The fraction of sp³-hybridized carbons (Fsp3) is 0.421. The molecule has 136 valence electrons. The molecule has 2 aromatic rings. The van der Waals surface area contributed by atoms with Gasteiger partial charge in [-0.15, -0.1) is 11.3 Å². The van der Waals surface area contributed by atoms with Crippen molar-refractivity contribution in [3.05, 3.63) is 52.2 Å². The van der Waals surface area contributed by atoms with Crippen molar-refractivity contribution in [2.45, 2.75) is 12.5 Å². The number of hydrogen-bond acceptors (Lipinski definition) is 4. The summed E-state index contributed by atoms with van der Waals surface area (Å²) in [6.45, 7) is 1.65. The Morgan fingerprint density at radius 3 is 2.52 bits per heavy atom. The SMILES string of the molecule is CN=C(NCCc1cccs1)NCC(c1ccc(OC)cc1)N(C)C. The average molecular weight is 361 g/mol. The molecule has 5 nitrogen and oxygen atoms in total. The van der Waals surface area contributed by atoms with Crippen LogP contribution in [0, 0.1) is 0 Å². The first-order chi connectivity index (χ1) is 12.1. The first kappa shape index (κ1) is 19.3. The lowest BCUT2D eigenvalue weighted by Gasteiger charge is -2.26. The van der Waals surface area contributed by atoms with Crippen molar-refractivity contribution in [2.24, 2.45) is 4.99 Å². The molecule has 0 aliphatic carbocycles. The second-order valence-corrected chi connectivity index (χ2v) is 6.99. The number of likely N-dealkylation sites (N-methyl/N-ethyl adjacent to an activating group) is 1. The molecule has 6 heteroatoms. The standard InChI is InChI=1S/C19H28N4OS/c1-20-19(21-12-11-17-6-5-13-25-17)22-14-18(23(2)3)15-7-9-16(24-4)10-8-15/h5-10,13,18H,11-12,14H2,1-4H3,(H2,20,21,22). The molecular weight excluding hydrogens is 332 g/mol. The van der Waals surface area contributed by atoms with E-state index in [0.29, 0.717) is 0 Å². The van der Waals surface area contributed by atoms with E-state index in [-0.39, 0.29) is 6.04 Å². The lowest BCUT2D eigenvalue weighted by molar-refractivity contribution is 0.298. The van der Waals surface area contributed by atoms with Gasteiger partial charge < -0.3 is 20.3 Å². The van der Waals surface area contributed by atoms with Crippen LogP contribution in [0.4, 0.5) is 0 Å². The molecule has 2 N–H and O–H groups in total. The Labute approximate surface area is 154 Å². The predicted molar refractivity (Wildman–Crippen MR) is 107 cm³/mol. The Balaban J connectivity index is 1.87. The van der Waals surface area contributed by atoms with Crippen molar-refractivity contribution in [1.29, 1.82) is 0 Å². The number of aliphatic imine (C=N–C) groups is 1. The van der Waals surface area contributed by atoms with E-state index in [9.17, 15) is 0 Å². The van der Waals surface area contributed by atoms with Crippen molar-refractivity contribution in [3.63, 3.8) is 0 Å². The Morgan fingerprint density at radius 2 is 1.96 bits per heavy atom. The van der Waals surface area contributed by atoms with E-state index >= 15 is 0 Å². The monoisotopic (exact) mass is 360 g/mol. The fourth-order valence-corrected chi connectivity index (χ4v) is 3.31. The van der Waals surface area contributed by atoms with E-state index < -0.39 is 0 Å². The van der Waals surface area contributed by atoms with Crippen LogP contribution in [0.25, 0.3) is 0 Å². The normalized spacial score (nSPS) is 12.9. The Bertz CT molecular complexity index is 638. The minimum atomic E-state index is 0.252. The van der Waals surface area contributed by atoms with E-state index in [1.54, 1.807) is 25.5 Å². The topological polar surface area (TPSA) is 48.9 Å². The minimum Gasteiger partial charge on any atom is -0.497 e. The van der Waals surface area contributed by atoms with Gasteiger partial charge in [-0.25, -0.2) is 0 Å². The van der Waals surface area contributed by atoms with Crippen molar-refractivity contribution in [2.75, 3.05) is 41.3 Å². The molecule has 1 atom stereocenters. The summed E-state index contributed by atoms with van der Waals surface area (Å²) in [5.74, 6) is 1.71. The average Bonchev–Trinajstić information content (AvgIpc) is 3.14. The summed E-state index contributed by atoms with van der Waals surface area (Å²) in [7, 11) is 7.66. The number of methoxy groups -OCH3 is 1. The maximum Gasteiger partial charge on any atom is 0.191 e. The summed E-state index contributed by atoms with van der Waals surface area (Å²) in [6.07, 6.45) is 1.01. The summed E-state index contributed by atoms with van der Waals surface area (Å²) in [5, 5.41) is 8.92. The Kier molecular flexibility index (Phi) is 7.76. The highest BCUT2D eigenvalue weighted by Crippen LogP contribution is 2.20. The highest BCUT2D eigenvalue weighted by molar-refractivity contribution is 7.09. The van der Waals surface area contributed by atoms with Gasteiger partial charge in [-0.2, -0.15) is 0 Å². The van der Waals surface area contributed by atoms with Crippen LogP contribution >= 0.6 is 11.3 Å². The number of nitrogens with zero attached hydrogens (tertiary/aromatic N) is 2. The molecule has 0 bridgehead atoms. The number of guanidine groups is 1. The van der Waals surface area contributed by atoms with E-state index in [2.05, 4.69) is 64.3 Å². The van der Waals surface area contributed by atoms with Crippen LogP contribution in [0.2, 0.25) is 0 Å². The maximum atomic E-state index is 5.24. The molecule has 0 saturated carbocycles. The predicted octanol–water partition coefficient (Wildman–Crippen LogP) is 2.77. The smallest absolute Gasteiger partial charge is 0.191 e. The van der Waals surface area contributed by atoms with E-state index in [4.69, 9.17) is 4.74 Å². The Morgan fingerprint density at radius 1 is 1.20 bits per heavy atom. The van der Waals surface area contributed by atoms with E-state index in [0.717, 1.165) is 31.2 Å². The molecule has 1 unspecified atom stereocenters. The summed E-state index contributed by atoms with van der Waals surface area (Å²) in [6, 6.07) is 12.7. The molecule has 0 radical (unpaired) electrons. The van der Waals surface area contributed by atoms with Crippen LogP contribution in [0.5, 0.6) is 5.75 Å². The third-order valence-electron chi connectivity index (χ3n) is 4.05. The molecule has 0 spiro atoms. The van der Waals surface area contributed by atoms with Crippen molar-refractivity contribution in [1.82, 2.24) is 15.5 Å². The van der Waals surface area contributed by atoms with Gasteiger partial charge in [0.05, 0.1) is 13.2 Å². The number of thiophene rings is 1. The zero-order valence-electron chi connectivity index (χ0n) is 15.5. The van der Waals surface area contributed by atoms with E-state index in [1.807, 2.05) is 12.1 Å². The molecule has 0 amide bonds. The van der Waals surface area contributed by atoms with Crippen molar-refractivity contribution < 1.29 is 4.74 Å². The molecule has 1 heterocycles. The molecule has 0 aliphatic heterocycles. The van der Waals surface area contributed by atoms with Gasteiger partial charge in [0.15, 0.2) is 5.96 Å². The zero-order chi connectivity index (χ0) is 18.1. The highest BCUT2D eigenvalue weighted by atomic mass is 32.1. The molecule has 0 aliphatic rings. The summed E-state index contributed by atoms with van der Waals surface area (Å²) in [4.78, 5) is 7.90. The molecule has 0 fully saturated rings. The second kappa shape index (κ2) is 10.1. The number of ether oxygens (including phenoxy) is 1. The molecule has 0 saturated heterocycles. The van der Waals surface area contributed by atoms with Gasteiger partial charge >= 0.3 is 0 Å². The largest absolute Gasteiger partial charge is 0.497 e. The van der Waals surface area contributed by atoms with Crippen LogP contribution in [0.1, 0.15) is 16.5 Å². The molecular formula is C19H28N4OS. The molecule has 25 heavy (non-hydrogen) atoms. The number of benzene rings is 1. The van der Waals surface area contributed by atoms with Crippen LogP contribution in [-0.4, -0.2) is 52.2 Å². The maximum absolute atomic E-state index is 5.24. The van der Waals surface area contributed by atoms with Gasteiger partial charge in [-0.3, -0.25) is 4.99 Å². The highest BCUT2D eigenvalue weighted by Gasteiger charge is 2.14. The molecule has 1 aromatic heterocycles. The molecule has 1 aromatic carbocycles. The van der Waals surface area contributed by atoms with Crippen LogP contribution in [-0.2, 0) is 6.42 Å². The quantitative estimate of drug-likeness (QED) is 0.561. The van der Waals surface area contributed by atoms with Crippen LogP contribution < -0.4 is 15.4 Å². The first-order valence-corrected chi connectivity index (χ1v) is 9.29. The summed E-state index contributed by atoms with van der Waals surface area (Å²) >= 11 is 1.79. The first-order valence-electron chi connectivity index (χ1n) is 8.41. The van der Waals surface area contributed by atoms with Gasteiger partial charge in [0.1, 0.15) is 5.75 Å². The third kappa shape index (κ3) is 6.07. The van der Waals surface area contributed by atoms with E-state index in [1.165, 1.54) is 10.4 Å². The van der Waals surface area contributed by atoms with Gasteiger partial charge in [-0.1, -0.05) is 18.2 Å². The third-order valence-corrected chi connectivity index (χ3v) is 4.99. The summed E-state index contributed by atoms with van der Waals surface area (Å²) in [5.41, 5.74) is 1.24. The fourth-order valence-electron chi connectivity index (χ4n) is 2.60. The minimum absolute atomic E-state index is 0.252. The van der Waals surface area contributed by atoms with Gasteiger partial charge in [0.2, 0.25) is 0 Å². The summed E-state index contributed by atoms with van der Waals surface area (Å²) < 4.78 is 5.24. The number of rotatable bonds is 8. The Hall–Kier alpha value is -2.05. The number of hydrogen-bond donors (Lipinski definition) is 2. The molecule has 2 rings (SSSR count). The lowest BCUT2D eigenvalue weighted by atomic mass is 10.1. The van der Waals surface area contributed by atoms with Crippen LogP contribution in [0.3, 0.4) is 0 Å².